The molecule has 0 fully saturated rings. The summed E-state index contributed by atoms with van der Waals surface area (Å²) in [5.74, 6) is 0. The number of unbranched alkanes of at least 4 members (excludes halogenated alkanes) is 3. The molecule has 0 aliphatic heterocycles. The highest BCUT2D eigenvalue weighted by Gasteiger charge is 1.97. The van der Waals surface area contributed by atoms with Crippen molar-refractivity contribution < 1.29 is 4.74 Å². The van der Waals surface area contributed by atoms with Gasteiger partial charge in [0.1, 0.15) is 0 Å². The lowest BCUT2D eigenvalue weighted by Gasteiger charge is -2.06. The molecular formula is C13H22N2O. The van der Waals surface area contributed by atoms with Crippen LogP contribution in [0, 0.1) is 0 Å². The lowest BCUT2D eigenvalue weighted by Crippen LogP contribution is -1.98. The van der Waals surface area contributed by atoms with Gasteiger partial charge in [0.2, 0.25) is 0 Å². The molecule has 0 unspecified atom stereocenters. The minimum absolute atomic E-state index is 0.599. The van der Waals surface area contributed by atoms with Gasteiger partial charge in [0, 0.05) is 18.0 Å². The van der Waals surface area contributed by atoms with E-state index in [2.05, 4.69) is 6.92 Å². The average Bonchev–Trinajstić information content (AvgIpc) is 2.22. The van der Waals surface area contributed by atoms with Crippen LogP contribution in [0.1, 0.15) is 38.2 Å². The van der Waals surface area contributed by atoms with Gasteiger partial charge in [0.05, 0.1) is 6.61 Å². The number of nitrogen functional groups attached to an aromatic ring is 2. The maximum Gasteiger partial charge on any atom is 0.0718 e. The van der Waals surface area contributed by atoms with Crippen molar-refractivity contribution in [3.8, 4) is 0 Å². The Hall–Kier alpha value is -1.22. The molecular weight excluding hydrogens is 200 g/mol. The second kappa shape index (κ2) is 7.12. The number of ether oxygens (including phenoxy) is 1. The molecule has 0 spiro atoms. The first-order valence-corrected chi connectivity index (χ1v) is 5.95. The summed E-state index contributed by atoms with van der Waals surface area (Å²) in [5.41, 5.74) is 13.8. The topological polar surface area (TPSA) is 61.3 Å². The maximum absolute atomic E-state index is 5.69. The van der Waals surface area contributed by atoms with Crippen LogP contribution in [0.3, 0.4) is 0 Å². The van der Waals surface area contributed by atoms with Gasteiger partial charge in [-0.1, -0.05) is 26.2 Å². The summed E-state index contributed by atoms with van der Waals surface area (Å²) in [7, 11) is 0. The van der Waals surface area contributed by atoms with Gasteiger partial charge >= 0.3 is 0 Å². The van der Waals surface area contributed by atoms with Crippen molar-refractivity contribution in [1.82, 2.24) is 0 Å². The third-order valence-corrected chi connectivity index (χ3v) is 2.45. The Bertz CT molecular complexity index is 293. The average molecular weight is 222 g/mol. The summed E-state index contributed by atoms with van der Waals surface area (Å²) in [6.07, 6.45) is 4.92. The molecule has 0 aliphatic rings. The summed E-state index contributed by atoms with van der Waals surface area (Å²) >= 11 is 0. The zero-order valence-corrected chi connectivity index (χ0v) is 10.0. The van der Waals surface area contributed by atoms with Gasteiger partial charge in [-0.15, -0.1) is 0 Å². The molecule has 3 heteroatoms. The van der Waals surface area contributed by atoms with Gasteiger partial charge in [-0.2, -0.15) is 0 Å². The molecule has 0 aromatic heterocycles. The van der Waals surface area contributed by atoms with Crippen LogP contribution in [-0.4, -0.2) is 6.61 Å². The van der Waals surface area contributed by atoms with Crippen LogP contribution in [-0.2, 0) is 11.3 Å². The normalized spacial score (nSPS) is 10.6. The highest BCUT2D eigenvalue weighted by atomic mass is 16.5. The lowest BCUT2D eigenvalue weighted by atomic mass is 10.2. The van der Waals surface area contributed by atoms with Gasteiger partial charge in [-0.05, 0) is 30.2 Å². The fourth-order valence-corrected chi connectivity index (χ4v) is 1.65. The van der Waals surface area contributed by atoms with E-state index in [0.29, 0.717) is 18.0 Å². The third-order valence-electron chi connectivity index (χ3n) is 2.45. The van der Waals surface area contributed by atoms with E-state index in [0.717, 1.165) is 18.6 Å². The second-order valence-electron chi connectivity index (χ2n) is 4.12. The fourth-order valence-electron chi connectivity index (χ4n) is 1.65. The lowest BCUT2D eigenvalue weighted by molar-refractivity contribution is 0.117. The predicted molar refractivity (Wildman–Crippen MR) is 69.1 cm³/mol. The molecule has 0 heterocycles. The van der Waals surface area contributed by atoms with Gasteiger partial charge in [-0.3, -0.25) is 0 Å². The molecule has 0 atom stereocenters. The van der Waals surface area contributed by atoms with E-state index in [9.17, 15) is 0 Å². The minimum atomic E-state index is 0.599. The molecule has 0 saturated heterocycles. The standard InChI is InChI=1S/C13H22N2O/c1-2-3-4-5-6-16-10-11-7-12(14)9-13(15)8-11/h7-9H,2-6,10,14-15H2,1H3. The Labute approximate surface area is 97.8 Å². The highest BCUT2D eigenvalue weighted by Crippen LogP contribution is 2.14. The van der Waals surface area contributed by atoms with Gasteiger partial charge in [0.25, 0.3) is 0 Å². The summed E-state index contributed by atoms with van der Waals surface area (Å²) in [6.45, 7) is 3.62. The van der Waals surface area contributed by atoms with Crippen LogP contribution in [0.15, 0.2) is 18.2 Å². The minimum Gasteiger partial charge on any atom is -0.399 e. The van der Waals surface area contributed by atoms with E-state index in [1.54, 1.807) is 6.07 Å². The number of nitrogens with two attached hydrogens (primary N) is 2. The third kappa shape index (κ3) is 5.03. The molecule has 0 radical (unpaired) electrons. The van der Waals surface area contributed by atoms with E-state index < -0.39 is 0 Å². The quantitative estimate of drug-likeness (QED) is 0.551. The molecule has 0 aliphatic carbocycles. The van der Waals surface area contributed by atoms with Crippen LogP contribution in [0.4, 0.5) is 11.4 Å². The zero-order chi connectivity index (χ0) is 11.8. The first-order chi connectivity index (χ1) is 7.72. The Morgan fingerprint density at radius 2 is 1.69 bits per heavy atom. The SMILES string of the molecule is CCCCCCOCc1cc(N)cc(N)c1. The van der Waals surface area contributed by atoms with Crippen LogP contribution >= 0.6 is 0 Å². The van der Waals surface area contributed by atoms with Crippen LogP contribution < -0.4 is 11.5 Å². The number of anilines is 2. The Balaban J connectivity index is 2.21. The Morgan fingerprint density at radius 1 is 1.00 bits per heavy atom. The summed E-state index contributed by atoms with van der Waals surface area (Å²) in [4.78, 5) is 0. The van der Waals surface area contributed by atoms with E-state index >= 15 is 0 Å². The highest BCUT2D eigenvalue weighted by molar-refractivity contribution is 5.54. The van der Waals surface area contributed by atoms with E-state index in [-0.39, 0.29) is 0 Å². The summed E-state index contributed by atoms with van der Waals surface area (Å²) < 4.78 is 5.57. The van der Waals surface area contributed by atoms with Crippen molar-refractivity contribution in [1.29, 1.82) is 0 Å². The van der Waals surface area contributed by atoms with Crippen molar-refractivity contribution in [3.63, 3.8) is 0 Å². The van der Waals surface area contributed by atoms with E-state index in [4.69, 9.17) is 16.2 Å². The molecule has 3 nitrogen and oxygen atoms in total. The first kappa shape index (κ1) is 12.8. The molecule has 0 bridgehead atoms. The van der Waals surface area contributed by atoms with Crippen molar-refractivity contribution >= 4 is 11.4 Å². The van der Waals surface area contributed by atoms with E-state index in [1.165, 1.54) is 19.3 Å². The molecule has 0 amide bonds. The van der Waals surface area contributed by atoms with Gasteiger partial charge in [-0.25, -0.2) is 0 Å². The van der Waals surface area contributed by atoms with Crippen LogP contribution in [0.25, 0.3) is 0 Å². The predicted octanol–water partition coefficient (Wildman–Crippen LogP) is 2.95. The van der Waals surface area contributed by atoms with Crippen LogP contribution in [0.5, 0.6) is 0 Å². The number of hydrogen-bond acceptors (Lipinski definition) is 3. The Morgan fingerprint density at radius 3 is 2.31 bits per heavy atom. The summed E-state index contributed by atoms with van der Waals surface area (Å²) in [6, 6.07) is 5.57. The Kier molecular flexibility index (Phi) is 5.72. The smallest absolute Gasteiger partial charge is 0.0718 e. The zero-order valence-electron chi connectivity index (χ0n) is 10.0. The monoisotopic (exact) mass is 222 g/mol. The molecule has 1 aromatic rings. The van der Waals surface area contributed by atoms with Crippen molar-refractivity contribution in [2.75, 3.05) is 18.1 Å². The first-order valence-electron chi connectivity index (χ1n) is 5.95. The van der Waals surface area contributed by atoms with Crippen molar-refractivity contribution in [3.05, 3.63) is 23.8 Å². The molecule has 16 heavy (non-hydrogen) atoms. The number of rotatable bonds is 7. The van der Waals surface area contributed by atoms with Crippen molar-refractivity contribution in [2.45, 2.75) is 39.2 Å². The van der Waals surface area contributed by atoms with E-state index in [1.807, 2.05) is 12.1 Å². The van der Waals surface area contributed by atoms with Gasteiger partial charge < -0.3 is 16.2 Å². The van der Waals surface area contributed by atoms with Crippen molar-refractivity contribution in [2.24, 2.45) is 0 Å². The maximum atomic E-state index is 5.69. The largest absolute Gasteiger partial charge is 0.399 e. The molecule has 1 rings (SSSR count). The molecule has 4 N–H and O–H groups in total. The molecule has 1 aromatic carbocycles. The number of hydrogen-bond donors (Lipinski definition) is 2. The molecule has 0 saturated carbocycles. The summed E-state index contributed by atoms with van der Waals surface area (Å²) in [5, 5.41) is 0. The number of benzene rings is 1. The second-order valence-corrected chi connectivity index (χ2v) is 4.12. The fraction of sp³-hybridized carbons (Fsp3) is 0.538. The molecule has 90 valence electrons. The van der Waals surface area contributed by atoms with Gasteiger partial charge in [0.15, 0.2) is 0 Å². The van der Waals surface area contributed by atoms with Crippen LogP contribution in [0.2, 0.25) is 0 Å².